The van der Waals surface area contributed by atoms with Crippen LogP contribution in [0.15, 0.2) is 48.5 Å². The SMILES string of the molecule is CC(C)(c1ccccc1)C(O)c1cccc(Cl)c1Cl. The summed E-state index contributed by atoms with van der Waals surface area (Å²) in [7, 11) is 0. The normalized spacial score (nSPS) is 13.3. The Bertz CT molecular complexity index is 564. The van der Waals surface area contributed by atoms with Crippen molar-refractivity contribution >= 4 is 23.2 Å². The van der Waals surface area contributed by atoms with E-state index in [4.69, 9.17) is 23.2 Å². The molecular weight excluding hydrogens is 279 g/mol. The molecule has 0 bridgehead atoms. The lowest BCUT2D eigenvalue weighted by atomic mass is 9.77. The Morgan fingerprint density at radius 1 is 0.947 bits per heavy atom. The number of benzene rings is 2. The predicted octanol–water partition coefficient (Wildman–Crippen LogP) is 5.00. The van der Waals surface area contributed by atoms with Crippen molar-refractivity contribution in [2.75, 3.05) is 0 Å². The molecule has 1 unspecified atom stereocenters. The molecule has 0 aliphatic heterocycles. The van der Waals surface area contributed by atoms with Gasteiger partial charge in [0.25, 0.3) is 0 Å². The van der Waals surface area contributed by atoms with Gasteiger partial charge in [-0.3, -0.25) is 0 Å². The van der Waals surface area contributed by atoms with Crippen LogP contribution in [0.2, 0.25) is 10.0 Å². The molecule has 19 heavy (non-hydrogen) atoms. The van der Waals surface area contributed by atoms with Crippen molar-refractivity contribution in [1.29, 1.82) is 0 Å². The molecule has 100 valence electrons. The average molecular weight is 295 g/mol. The largest absolute Gasteiger partial charge is 0.387 e. The summed E-state index contributed by atoms with van der Waals surface area (Å²) in [5.74, 6) is 0. The Balaban J connectivity index is 2.43. The van der Waals surface area contributed by atoms with Crippen molar-refractivity contribution in [3.8, 4) is 0 Å². The van der Waals surface area contributed by atoms with Gasteiger partial charge in [0.05, 0.1) is 16.1 Å². The maximum absolute atomic E-state index is 10.7. The highest BCUT2D eigenvalue weighted by atomic mass is 35.5. The zero-order chi connectivity index (χ0) is 14.0. The Morgan fingerprint density at radius 2 is 1.58 bits per heavy atom. The summed E-state index contributed by atoms with van der Waals surface area (Å²) in [6, 6.07) is 15.2. The molecule has 1 nitrogen and oxygen atoms in total. The van der Waals surface area contributed by atoms with Gasteiger partial charge in [-0.05, 0) is 11.6 Å². The standard InChI is InChI=1S/C16H16Cl2O/c1-16(2,11-7-4-3-5-8-11)15(19)12-9-6-10-13(17)14(12)18/h3-10,15,19H,1-2H3. The molecule has 0 saturated carbocycles. The van der Waals surface area contributed by atoms with Crippen LogP contribution in [-0.4, -0.2) is 5.11 Å². The first-order valence-electron chi connectivity index (χ1n) is 6.12. The Kier molecular flexibility index (Phi) is 4.19. The fourth-order valence-electron chi connectivity index (χ4n) is 2.15. The van der Waals surface area contributed by atoms with Gasteiger partial charge in [0, 0.05) is 11.0 Å². The van der Waals surface area contributed by atoms with E-state index in [1.54, 1.807) is 12.1 Å². The van der Waals surface area contributed by atoms with Gasteiger partial charge < -0.3 is 5.11 Å². The number of aliphatic hydroxyl groups is 1. The van der Waals surface area contributed by atoms with Gasteiger partial charge in [-0.2, -0.15) is 0 Å². The van der Waals surface area contributed by atoms with E-state index in [0.29, 0.717) is 15.6 Å². The molecule has 0 aromatic heterocycles. The van der Waals surface area contributed by atoms with Crippen molar-refractivity contribution < 1.29 is 5.11 Å². The number of rotatable bonds is 3. The molecule has 0 aliphatic carbocycles. The van der Waals surface area contributed by atoms with Crippen molar-refractivity contribution in [2.24, 2.45) is 0 Å². The monoisotopic (exact) mass is 294 g/mol. The lowest BCUT2D eigenvalue weighted by Crippen LogP contribution is -2.27. The molecule has 1 N–H and O–H groups in total. The lowest BCUT2D eigenvalue weighted by Gasteiger charge is -2.32. The minimum atomic E-state index is -0.721. The molecule has 2 aromatic rings. The van der Waals surface area contributed by atoms with E-state index < -0.39 is 11.5 Å². The molecule has 0 aliphatic rings. The van der Waals surface area contributed by atoms with Crippen LogP contribution in [0.4, 0.5) is 0 Å². The van der Waals surface area contributed by atoms with Crippen LogP contribution < -0.4 is 0 Å². The lowest BCUT2D eigenvalue weighted by molar-refractivity contribution is 0.100. The van der Waals surface area contributed by atoms with Gasteiger partial charge in [-0.25, -0.2) is 0 Å². The first kappa shape index (κ1) is 14.4. The van der Waals surface area contributed by atoms with Crippen molar-refractivity contribution in [3.05, 3.63) is 69.7 Å². The minimum Gasteiger partial charge on any atom is -0.387 e. The zero-order valence-electron chi connectivity index (χ0n) is 10.9. The van der Waals surface area contributed by atoms with Crippen molar-refractivity contribution in [3.63, 3.8) is 0 Å². The maximum Gasteiger partial charge on any atom is 0.0896 e. The van der Waals surface area contributed by atoms with Crippen LogP contribution in [0.1, 0.15) is 31.1 Å². The molecule has 0 fully saturated rings. The highest BCUT2D eigenvalue weighted by molar-refractivity contribution is 6.42. The first-order valence-corrected chi connectivity index (χ1v) is 6.87. The summed E-state index contributed by atoms with van der Waals surface area (Å²) in [6.07, 6.45) is -0.721. The van der Waals surface area contributed by atoms with E-state index in [0.717, 1.165) is 5.56 Å². The average Bonchev–Trinajstić information content (AvgIpc) is 2.42. The highest BCUT2D eigenvalue weighted by Crippen LogP contribution is 2.40. The van der Waals surface area contributed by atoms with Gasteiger partial charge in [-0.1, -0.05) is 79.5 Å². The fraction of sp³-hybridized carbons (Fsp3) is 0.250. The van der Waals surface area contributed by atoms with Gasteiger partial charge in [0.15, 0.2) is 0 Å². The summed E-state index contributed by atoms with van der Waals surface area (Å²) >= 11 is 12.2. The van der Waals surface area contributed by atoms with E-state index in [9.17, 15) is 5.11 Å². The summed E-state index contributed by atoms with van der Waals surface area (Å²) < 4.78 is 0. The minimum absolute atomic E-state index is 0.417. The van der Waals surface area contributed by atoms with E-state index in [-0.39, 0.29) is 0 Å². The van der Waals surface area contributed by atoms with Crippen LogP contribution in [0.25, 0.3) is 0 Å². The number of hydrogen-bond donors (Lipinski definition) is 1. The second-order valence-electron chi connectivity index (χ2n) is 5.13. The van der Waals surface area contributed by atoms with E-state index in [1.165, 1.54) is 0 Å². The third-order valence-electron chi connectivity index (χ3n) is 3.48. The molecule has 0 amide bonds. The van der Waals surface area contributed by atoms with E-state index in [1.807, 2.05) is 50.2 Å². The molecule has 1 atom stereocenters. The van der Waals surface area contributed by atoms with Crippen molar-refractivity contribution in [1.82, 2.24) is 0 Å². The van der Waals surface area contributed by atoms with E-state index in [2.05, 4.69) is 0 Å². The summed E-state index contributed by atoms with van der Waals surface area (Å²) in [4.78, 5) is 0. The predicted molar refractivity (Wildman–Crippen MR) is 80.9 cm³/mol. The zero-order valence-corrected chi connectivity index (χ0v) is 12.4. The third kappa shape index (κ3) is 2.79. The molecule has 0 saturated heterocycles. The topological polar surface area (TPSA) is 20.2 Å². The molecule has 2 aromatic carbocycles. The molecular formula is C16H16Cl2O. The quantitative estimate of drug-likeness (QED) is 0.844. The number of aliphatic hydroxyl groups excluding tert-OH is 1. The van der Waals surface area contributed by atoms with Crippen molar-refractivity contribution in [2.45, 2.75) is 25.4 Å². The van der Waals surface area contributed by atoms with Gasteiger partial charge >= 0.3 is 0 Å². The molecule has 0 heterocycles. The molecule has 0 spiro atoms. The van der Waals surface area contributed by atoms with Crippen LogP contribution in [0, 0.1) is 0 Å². The Morgan fingerprint density at radius 3 is 2.21 bits per heavy atom. The van der Waals surface area contributed by atoms with Crippen LogP contribution in [-0.2, 0) is 5.41 Å². The molecule has 0 radical (unpaired) electrons. The fourth-order valence-corrected chi connectivity index (χ4v) is 2.56. The van der Waals surface area contributed by atoms with Crippen LogP contribution in [0.3, 0.4) is 0 Å². The Hall–Kier alpha value is -1.02. The highest BCUT2D eigenvalue weighted by Gasteiger charge is 2.32. The van der Waals surface area contributed by atoms with Crippen LogP contribution in [0.5, 0.6) is 0 Å². The molecule has 2 rings (SSSR count). The number of halogens is 2. The summed E-state index contributed by atoms with van der Waals surface area (Å²) in [5.41, 5.74) is 1.26. The van der Waals surface area contributed by atoms with Gasteiger partial charge in [-0.15, -0.1) is 0 Å². The summed E-state index contributed by atoms with van der Waals surface area (Å²) in [6.45, 7) is 3.98. The second-order valence-corrected chi connectivity index (χ2v) is 5.92. The van der Waals surface area contributed by atoms with Gasteiger partial charge in [0.2, 0.25) is 0 Å². The van der Waals surface area contributed by atoms with Crippen LogP contribution >= 0.6 is 23.2 Å². The Labute approximate surface area is 123 Å². The maximum atomic E-state index is 10.7. The third-order valence-corrected chi connectivity index (χ3v) is 4.31. The number of hydrogen-bond acceptors (Lipinski definition) is 1. The summed E-state index contributed by atoms with van der Waals surface area (Å²) in [5, 5.41) is 11.5. The van der Waals surface area contributed by atoms with Gasteiger partial charge in [0.1, 0.15) is 0 Å². The second kappa shape index (κ2) is 5.54. The first-order chi connectivity index (χ1) is 8.94. The smallest absolute Gasteiger partial charge is 0.0896 e. The molecule has 3 heteroatoms. The van der Waals surface area contributed by atoms with E-state index >= 15 is 0 Å².